The molecular formula is C3H6BF2N. The lowest BCUT2D eigenvalue weighted by Crippen LogP contribution is -2.42. The Hall–Kier alpha value is -0.115. The molecule has 0 radical (unpaired) electrons. The Labute approximate surface area is 41.3 Å². The van der Waals surface area contributed by atoms with Crippen molar-refractivity contribution >= 4 is 7.27 Å². The third-order valence-electron chi connectivity index (χ3n) is 1.17. The minimum atomic E-state index is -2.11. The summed E-state index contributed by atoms with van der Waals surface area (Å²) in [5, 5.41) is 2.76. The van der Waals surface area contributed by atoms with Gasteiger partial charge in [0.05, 0.1) is 0 Å². The van der Waals surface area contributed by atoms with Gasteiger partial charge >= 0.3 is 7.27 Å². The van der Waals surface area contributed by atoms with E-state index in [0.29, 0.717) is 13.1 Å². The van der Waals surface area contributed by atoms with Crippen molar-refractivity contribution in [3.8, 4) is 0 Å². The van der Waals surface area contributed by atoms with Crippen molar-refractivity contribution in [1.82, 2.24) is 5.32 Å². The van der Waals surface area contributed by atoms with Gasteiger partial charge in [-0.1, -0.05) is 0 Å². The van der Waals surface area contributed by atoms with E-state index in [0.717, 1.165) is 0 Å². The molecule has 1 rings (SSSR count). The molecule has 0 aromatic carbocycles. The molecule has 0 aromatic rings. The Balaban J connectivity index is 2.14. The molecule has 1 nitrogen and oxygen atoms in total. The van der Waals surface area contributed by atoms with Gasteiger partial charge in [-0.25, -0.2) is 0 Å². The summed E-state index contributed by atoms with van der Waals surface area (Å²) >= 11 is 0. The highest BCUT2D eigenvalue weighted by Crippen LogP contribution is 2.15. The fraction of sp³-hybridized carbons (Fsp3) is 1.00. The zero-order valence-electron chi connectivity index (χ0n) is 3.82. The van der Waals surface area contributed by atoms with Crippen molar-refractivity contribution in [2.45, 2.75) is 5.82 Å². The number of hydrogen-bond acceptors (Lipinski definition) is 1. The first-order chi connectivity index (χ1) is 3.30. The molecular weight excluding hydrogens is 98.8 g/mol. The van der Waals surface area contributed by atoms with E-state index in [-0.39, 0.29) is 5.82 Å². The van der Waals surface area contributed by atoms with Gasteiger partial charge in [0.25, 0.3) is 0 Å². The first-order valence-corrected chi connectivity index (χ1v) is 2.29. The first-order valence-electron chi connectivity index (χ1n) is 2.29. The Morgan fingerprint density at radius 2 is 2.00 bits per heavy atom. The van der Waals surface area contributed by atoms with Crippen LogP contribution in [0.25, 0.3) is 0 Å². The average molecular weight is 105 g/mol. The molecule has 1 heterocycles. The van der Waals surface area contributed by atoms with E-state index in [1.807, 2.05) is 0 Å². The minimum absolute atomic E-state index is 0.361. The van der Waals surface area contributed by atoms with Crippen LogP contribution in [-0.2, 0) is 0 Å². The molecule has 0 aromatic heterocycles. The highest BCUT2D eigenvalue weighted by molar-refractivity contribution is 6.45. The molecule has 40 valence electrons. The summed E-state index contributed by atoms with van der Waals surface area (Å²) in [6, 6.07) is 0. The van der Waals surface area contributed by atoms with Crippen molar-refractivity contribution in [2.24, 2.45) is 0 Å². The van der Waals surface area contributed by atoms with Crippen LogP contribution in [0.1, 0.15) is 0 Å². The highest BCUT2D eigenvalue weighted by Gasteiger charge is 2.32. The van der Waals surface area contributed by atoms with Crippen molar-refractivity contribution in [2.75, 3.05) is 13.1 Å². The summed E-state index contributed by atoms with van der Waals surface area (Å²) in [6.45, 7) is 0.995. The molecule has 4 heteroatoms. The standard InChI is InChI=1S/C3H6BF2N/c5-4(6)3-1-7-2-3/h3,7H,1-2H2. The number of hydrogen-bond donors (Lipinski definition) is 1. The van der Waals surface area contributed by atoms with Gasteiger partial charge in [0.2, 0.25) is 0 Å². The molecule has 1 N–H and O–H groups in total. The van der Waals surface area contributed by atoms with Gasteiger partial charge in [-0.15, -0.1) is 0 Å². The van der Waals surface area contributed by atoms with Gasteiger partial charge < -0.3 is 5.32 Å². The van der Waals surface area contributed by atoms with E-state index in [1.54, 1.807) is 0 Å². The molecule has 0 amide bonds. The second kappa shape index (κ2) is 1.78. The molecule has 7 heavy (non-hydrogen) atoms. The van der Waals surface area contributed by atoms with Gasteiger partial charge in [0.1, 0.15) is 0 Å². The van der Waals surface area contributed by atoms with Crippen LogP contribution in [-0.4, -0.2) is 20.4 Å². The van der Waals surface area contributed by atoms with Gasteiger partial charge in [-0.3, -0.25) is 8.63 Å². The predicted octanol–water partition coefficient (Wildman–Crippen LogP) is 0.387. The maximum Gasteiger partial charge on any atom is 0.543 e. The summed E-state index contributed by atoms with van der Waals surface area (Å²) in [4.78, 5) is 0. The summed E-state index contributed by atoms with van der Waals surface area (Å²) < 4.78 is 22.9. The molecule has 0 spiro atoms. The molecule has 0 aliphatic carbocycles. The SMILES string of the molecule is FB(F)C1CNC1. The Morgan fingerprint density at radius 1 is 1.43 bits per heavy atom. The third-order valence-corrected chi connectivity index (χ3v) is 1.17. The van der Waals surface area contributed by atoms with E-state index < -0.39 is 7.27 Å². The maximum absolute atomic E-state index is 11.4. The van der Waals surface area contributed by atoms with E-state index in [1.165, 1.54) is 0 Å². The topological polar surface area (TPSA) is 12.0 Å². The Morgan fingerprint density at radius 3 is 2.00 bits per heavy atom. The molecule has 1 saturated heterocycles. The van der Waals surface area contributed by atoms with E-state index in [2.05, 4.69) is 5.32 Å². The van der Waals surface area contributed by atoms with Crippen molar-refractivity contribution < 1.29 is 8.63 Å². The second-order valence-electron chi connectivity index (χ2n) is 1.75. The number of nitrogens with one attached hydrogen (secondary N) is 1. The van der Waals surface area contributed by atoms with Crippen LogP contribution in [0.3, 0.4) is 0 Å². The Bertz CT molecular complexity index is 64.0. The van der Waals surface area contributed by atoms with Crippen LogP contribution in [0, 0.1) is 0 Å². The van der Waals surface area contributed by atoms with E-state index in [4.69, 9.17) is 0 Å². The van der Waals surface area contributed by atoms with Crippen molar-refractivity contribution in [3.63, 3.8) is 0 Å². The number of rotatable bonds is 1. The highest BCUT2D eigenvalue weighted by atomic mass is 19.2. The molecule has 0 atom stereocenters. The lowest BCUT2D eigenvalue weighted by molar-refractivity contribution is 0.462. The fourth-order valence-corrected chi connectivity index (χ4v) is 0.489. The van der Waals surface area contributed by atoms with E-state index in [9.17, 15) is 8.63 Å². The van der Waals surface area contributed by atoms with Crippen molar-refractivity contribution in [3.05, 3.63) is 0 Å². The zero-order chi connectivity index (χ0) is 5.28. The second-order valence-corrected chi connectivity index (χ2v) is 1.75. The Kier molecular flexibility index (Phi) is 1.28. The summed E-state index contributed by atoms with van der Waals surface area (Å²) in [6.07, 6.45) is 0. The zero-order valence-corrected chi connectivity index (χ0v) is 3.82. The quantitative estimate of drug-likeness (QED) is 0.475. The summed E-state index contributed by atoms with van der Waals surface area (Å²) in [5.41, 5.74) is 0. The van der Waals surface area contributed by atoms with Crippen LogP contribution in [0.5, 0.6) is 0 Å². The lowest BCUT2D eigenvalue weighted by Gasteiger charge is -2.23. The summed E-state index contributed by atoms with van der Waals surface area (Å²) in [5.74, 6) is -0.361. The fourth-order valence-electron chi connectivity index (χ4n) is 0.489. The molecule has 0 saturated carbocycles. The third kappa shape index (κ3) is 0.909. The normalized spacial score (nSPS) is 21.4. The molecule has 1 fully saturated rings. The smallest absolute Gasteiger partial charge is 0.317 e. The minimum Gasteiger partial charge on any atom is -0.317 e. The van der Waals surface area contributed by atoms with Gasteiger partial charge in [0.15, 0.2) is 0 Å². The largest absolute Gasteiger partial charge is 0.543 e. The molecule has 0 bridgehead atoms. The first kappa shape index (κ1) is 5.03. The van der Waals surface area contributed by atoms with Crippen LogP contribution < -0.4 is 5.32 Å². The lowest BCUT2D eigenvalue weighted by atomic mass is 9.74. The number of halogens is 2. The van der Waals surface area contributed by atoms with Crippen LogP contribution in [0.4, 0.5) is 8.63 Å². The molecule has 1 aliphatic rings. The monoisotopic (exact) mass is 105 g/mol. The molecule has 1 aliphatic heterocycles. The van der Waals surface area contributed by atoms with Crippen molar-refractivity contribution in [1.29, 1.82) is 0 Å². The van der Waals surface area contributed by atoms with Crippen LogP contribution >= 0.6 is 0 Å². The van der Waals surface area contributed by atoms with Crippen LogP contribution in [0.2, 0.25) is 5.82 Å². The predicted molar refractivity (Wildman–Crippen MR) is 24.6 cm³/mol. The average Bonchev–Trinajstić information content (AvgIpc) is 1.23. The van der Waals surface area contributed by atoms with Gasteiger partial charge in [-0.05, 0) is 13.1 Å². The van der Waals surface area contributed by atoms with E-state index >= 15 is 0 Å². The van der Waals surface area contributed by atoms with Gasteiger partial charge in [-0.2, -0.15) is 0 Å². The van der Waals surface area contributed by atoms with Crippen LogP contribution in [0.15, 0.2) is 0 Å². The van der Waals surface area contributed by atoms with Gasteiger partial charge in [0, 0.05) is 5.82 Å². The maximum atomic E-state index is 11.4. The summed E-state index contributed by atoms with van der Waals surface area (Å²) in [7, 11) is -2.11. The molecule has 0 unspecified atom stereocenters.